The van der Waals surface area contributed by atoms with E-state index < -0.39 is 0 Å². The van der Waals surface area contributed by atoms with Crippen LogP contribution in [-0.4, -0.2) is 21.2 Å². The minimum atomic E-state index is -0.338. The number of carbonyl (C=O) groups excluding carboxylic acids is 1. The number of imidazole rings is 1. The standard InChI is InChI=1S/C18H15ClFN3OS/c1-23-16(12-2-4-13(19)5-3-12)10-21-18(23)25-11-17(24)22-15-8-6-14(20)7-9-15/h2-10H,11H2,1H3,(H,22,24). The Kier molecular flexibility index (Phi) is 5.40. The minimum absolute atomic E-state index is 0.173. The lowest BCUT2D eigenvalue weighted by molar-refractivity contribution is -0.113. The first kappa shape index (κ1) is 17.5. The average molecular weight is 376 g/mol. The van der Waals surface area contributed by atoms with Crippen LogP contribution >= 0.6 is 23.4 Å². The topological polar surface area (TPSA) is 46.9 Å². The zero-order valence-corrected chi connectivity index (χ0v) is 14.9. The highest BCUT2D eigenvalue weighted by molar-refractivity contribution is 7.99. The van der Waals surface area contributed by atoms with Crippen molar-refractivity contribution in [3.05, 3.63) is 65.6 Å². The first-order chi connectivity index (χ1) is 12.0. The summed E-state index contributed by atoms with van der Waals surface area (Å²) in [4.78, 5) is 16.4. The highest BCUT2D eigenvalue weighted by Crippen LogP contribution is 2.26. The average Bonchev–Trinajstić information content (AvgIpc) is 2.97. The van der Waals surface area contributed by atoms with E-state index in [1.54, 1.807) is 6.20 Å². The zero-order valence-electron chi connectivity index (χ0n) is 13.4. The van der Waals surface area contributed by atoms with Crippen molar-refractivity contribution in [2.75, 3.05) is 11.1 Å². The summed E-state index contributed by atoms with van der Waals surface area (Å²) < 4.78 is 14.8. The summed E-state index contributed by atoms with van der Waals surface area (Å²) >= 11 is 7.25. The molecule has 0 bridgehead atoms. The van der Waals surface area contributed by atoms with E-state index in [9.17, 15) is 9.18 Å². The van der Waals surface area contributed by atoms with Gasteiger partial charge in [-0.25, -0.2) is 9.37 Å². The van der Waals surface area contributed by atoms with Gasteiger partial charge in [-0.3, -0.25) is 4.79 Å². The van der Waals surface area contributed by atoms with Crippen molar-refractivity contribution in [3.63, 3.8) is 0 Å². The third-order valence-electron chi connectivity index (χ3n) is 3.55. The van der Waals surface area contributed by atoms with Gasteiger partial charge in [0.25, 0.3) is 0 Å². The molecular weight excluding hydrogens is 361 g/mol. The van der Waals surface area contributed by atoms with Crippen LogP contribution in [0, 0.1) is 5.82 Å². The lowest BCUT2D eigenvalue weighted by Gasteiger charge is -2.07. The van der Waals surface area contributed by atoms with Gasteiger partial charge in [-0.15, -0.1) is 0 Å². The predicted molar refractivity (Wildman–Crippen MR) is 99.4 cm³/mol. The third-order valence-corrected chi connectivity index (χ3v) is 4.84. The van der Waals surface area contributed by atoms with Crippen molar-refractivity contribution in [1.29, 1.82) is 0 Å². The maximum absolute atomic E-state index is 12.9. The normalized spacial score (nSPS) is 10.7. The van der Waals surface area contributed by atoms with Crippen LogP contribution in [0.4, 0.5) is 10.1 Å². The Morgan fingerprint density at radius 1 is 1.20 bits per heavy atom. The Labute approximate surface area is 154 Å². The minimum Gasteiger partial charge on any atom is -0.325 e. The molecule has 1 heterocycles. The molecule has 0 atom stereocenters. The Hall–Kier alpha value is -2.31. The Balaban J connectivity index is 1.62. The molecule has 2 aromatic carbocycles. The zero-order chi connectivity index (χ0) is 17.8. The lowest BCUT2D eigenvalue weighted by Crippen LogP contribution is -2.14. The van der Waals surface area contributed by atoms with Gasteiger partial charge in [-0.2, -0.15) is 0 Å². The molecule has 0 unspecified atom stereocenters. The van der Waals surface area contributed by atoms with Crippen LogP contribution in [0.3, 0.4) is 0 Å². The van der Waals surface area contributed by atoms with Gasteiger partial charge in [0.1, 0.15) is 5.82 Å². The fourth-order valence-corrected chi connectivity index (χ4v) is 3.15. The Morgan fingerprint density at radius 3 is 2.56 bits per heavy atom. The van der Waals surface area contributed by atoms with E-state index in [1.807, 2.05) is 35.9 Å². The van der Waals surface area contributed by atoms with Crippen LogP contribution in [0.5, 0.6) is 0 Å². The van der Waals surface area contributed by atoms with Crippen molar-refractivity contribution in [2.45, 2.75) is 5.16 Å². The number of hydrogen-bond acceptors (Lipinski definition) is 3. The van der Waals surface area contributed by atoms with Crippen molar-refractivity contribution >= 4 is 35.0 Å². The summed E-state index contributed by atoms with van der Waals surface area (Å²) in [5.74, 6) is -0.301. The van der Waals surface area contributed by atoms with Gasteiger partial charge in [0.05, 0.1) is 17.6 Å². The summed E-state index contributed by atoms with van der Waals surface area (Å²) in [5.41, 5.74) is 2.51. The van der Waals surface area contributed by atoms with E-state index in [4.69, 9.17) is 11.6 Å². The molecule has 0 spiro atoms. The number of nitrogens with one attached hydrogen (secondary N) is 1. The molecule has 0 fully saturated rings. The molecule has 3 aromatic rings. The van der Waals surface area contributed by atoms with E-state index in [0.717, 1.165) is 16.4 Å². The highest BCUT2D eigenvalue weighted by Gasteiger charge is 2.11. The summed E-state index contributed by atoms with van der Waals surface area (Å²) in [6.07, 6.45) is 1.77. The van der Waals surface area contributed by atoms with E-state index in [0.29, 0.717) is 10.7 Å². The summed E-state index contributed by atoms with van der Waals surface area (Å²) in [6.45, 7) is 0. The van der Waals surface area contributed by atoms with E-state index in [-0.39, 0.29) is 17.5 Å². The van der Waals surface area contributed by atoms with Gasteiger partial charge in [-0.1, -0.05) is 35.5 Å². The Bertz CT molecular complexity index is 878. The number of rotatable bonds is 5. The fourth-order valence-electron chi connectivity index (χ4n) is 2.28. The number of hydrogen-bond donors (Lipinski definition) is 1. The number of aromatic nitrogens is 2. The maximum atomic E-state index is 12.9. The smallest absolute Gasteiger partial charge is 0.234 e. The number of nitrogens with zero attached hydrogens (tertiary/aromatic N) is 2. The van der Waals surface area contributed by atoms with Crippen LogP contribution in [0.1, 0.15) is 0 Å². The molecule has 7 heteroatoms. The summed E-state index contributed by atoms with van der Waals surface area (Å²) in [6, 6.07) is 13.2. The molecule has 0 saturated carbocycles. The molecule has 0 aliphatic rings. The van der Waals surface area contributed by atoms with Crippen molar-refractivity contribution < 1.29 is 9.18 Å². The quantitative estimate of drug-likeness (QED) is 0.662. The molecule has 3 rings (SSSR count). The number of benzene rings is 2. The van der Waals surface area contributed by atoms with Crippen molar-refractivity contribution in [2.24, 2.45) is 7.05 Å². The highest BCUT2D eigenvalue weighted by atomic mass is 35.5. The summed E-state index contributed by atoms with van der Waals surface area (Å²) in [5, 5.41) is 4.14. The van der Waals surface area contributed by atoms with Gasteiger partial charge in [0.2, 0.25) is 5.91 Å². The van der Waals surface area contributed by atoms with E-state index in [2.05, 4.69) is 10.3 Å². The van der Waals surface area contributed by atoms with Gasteiger partial charge < -0.3 is 9.88 Å². The molecule has 1 aromatic heterocycles. The molecule has 0 aliphatic heterocycles. The number of anilines is 1. The molecule has 25 heavy (non-hydrogen) atoms. The number of halogens is 2. The molecular formula is C18H15ClFN3OS. The van der Waals surface area contributed by atoms with Gasteiger partial charge in [0.15, 0.2) is 5.16 Å². The molecule has 1 amide bonds. The SMILES string of the molecule is Cn1c(-c2ccc(Cl)cc2)cnc1SCC(=O)Nc1ccc(F)cc1. The fraction of sp³-hybridized carbons (Fsp3) is 0.111. The van der Waals surface area contributed by atoms with E-state index in [1.165, 1.54) is 36.0 Å². The molecule has 0 aliphatic carbocycles. The molecule has 0 saturated heterocycles. The molecule has 128 valence electrons. The van der Waals surface area contributed by atoms with Gasteiger partial charge >= 0.3 is 0 Å². The maximum Gasteiger partial charge on any atom is 0.234 e. The third kappa shape index (κ3) is 4.41. The second-order valence-corrected chi connectivity index (χ2v) is 6.71. The predicted octanol–water partition coefficient (Wildman–Crippen LogP) is 4.61. The van der Waals surface area contributed by atoms with E-state index >= 15 is 0 Å². The second kappa shape index (κ2) is 7.72. The van der Waals surface area contributed by atoms with Crippen LogP contribution in [0.25, 0.3) is 11.3 Å². The largest absolute Gasteiger partial charge is 0.325 e. The van der Waals surface area contributed by atoms with Crippen LogP contribution in [-0.2, 0) is 11.8 Å². The first-order valence-corrected chi connectivity index (χ1v) is 8.85. The summed E-state index contributed by atoms with van der Waals surface area (Å²) in [7, 11) is 1.90. The Morgan fingerprint density at radius 2 is 1.88 bits per heavy atom. The molecule has 1 N–H and O–H groups in total. The van der Waals surface area contributed by atoms with Crippen molar-refractivity contribution in [1.82, 2.24) is 9.55 Å². The van der Waals surface area contributed by atoms with Crippen LogP contribution in [0.2, 0.25) is 5.02 Å². The molecule has 4 nitrogen and oxygen atoms in total. The van der Waals surface area contributed by atoms with Crippen LogP contribution in [0.15, 0.2) is 59.9 Å². The first-order valence-electron chi connectivity index (χ1n) is 7.49. The number of carbonyl (C=O) groups is 1. The monoisotopic (exact) mass is 375 g/mol. The van der Waals surface area contributed by atoms with Gasteiger partial charge in [-0.05, 0) is 42.0 Å². The van der Waals surface area contributed by atoms with Crippen LogP contribution < -0.4 is 5.32 Å². The lowest BCUT2D eigenvalue weighted by atomic mass is 10.2. The number of amides is 1. The van der Waals surface area contributed by atoms with Gasteiger partial charge in [0, 0.05) is 17.8 Å². The number of thioether (sulfide) groups is 1. The van der Waals surface area contributed by atoms with Crippen molar-refractivity contribution in [3.8, 4) is 11.3 Å². The second-order valence-electron chi connectivity index (χ2n) is 5.34. The molecule has 0 radical (unpaired) electrons.